The molecule has 1 aromatic rings. The van der Waals surface area contributed by atoms with Gasteiger partial charge in [0.1, 0.15) is 13.2 Å². The number of hydrogen-bond donors (Lipinski definition) is 4. The second kappa shape index (κ2) is 17.1. The topological polar surface area (TPSA) is 175 Å². The van der Waals surface area contributed by atoms with Crippen LogP contribution in [0.5, 0.6) is 0 Å². The summed E-state index contributed by atoms with van der Waals surface area (Å²) in [6.07, 6.45) is -9.71. The van der Waals surface area contributed by atoms with Gasteiger partial charge in [-0.3, -0.25) is 9.69 Å². The average molecular weight is 647 g/mol. The van der Waals surface area contributed by atoms with E-state index >= 15 is 0 Å². The summed E-state index contributed by atoms with van der Waals surface area (Å²) in [5.74, 6) is -5.67. The summed E-state index contributed by atoms with van der Waals surface area (Å²) < 4.78 is 73.9. The maximum Gasteiger partial charge on any atom is 0.490 e. The predicted molar refractivity (Wildman–Crippen MR) is 137 cm³/mol. The first kappa shape index (κ1) is 37.7. The number of halogens is 6. The third-order valence-electron chi connectivity index (χ3n) is 5.96. The number of ether oxygens (including phenoxy) is 2. The van der Waals surface area contributed by atoms with Gasteiger partial charge in [0.15, 0.2) is 0 Å². The molecule has 2 aliphatic rings. The molecule has 1 aromatic carbocycles. The minimum absolute atomic E-state index is 0.0264. The summed E-state index contributed by atoms with van der Waals surface area (Å²) in [6, 6.07) is 9.42. The molecule has 2 saturated heterocycles. The van der Waals surface area contributed by atoms with E-state index in [1.165, 1.54) is 4.90 Å². The number of rotatable bonds is 6. The minimum Gasteiger partial charge on any atom is -0.475 e. The van der Waals surface area contributed by atoms with E-state index in [9.17, 15) is 40.7 Å². The molecule has 2 fully saturated rings. The van der Waals surface area contributed by atoms with Crippen molar-refractivity contribution in [3.05, 3.63) is 35.9 Å². The van der Waals surface area contributed by atoms with Gasteiger partial charge in [-0.1, -0.05) is 30.3 Å². The van der Waals surface area contributed by atoms with Gasteiger partial charge in [0.25, 0.3) is 0 Å². The number of amides is 3. The van der Waals surface area contributed by atoms with Crippen molar-refractivity contribution >= 4 is 30.0 Å². The Hall–Kier alpha value is -4.29. The Morgan fingerprint density at radius 2 is 1.45 bits per heavy atom. The molecule has 13 nitrogen and oxygen atoms in total. The van der Waals surface area contributed by atoms with Gasteiger partial charge in [-0.25, -0.2) is 19.2 Å². The number of carboxylic acid groups (broad SMARTS) is 2. The normalized spacial score (nSPS) is 16.3. The van der Waals surface area contributed by atoms with Crippen molar-refractivity contribution in [2.24, 2.45) is 0 Å². The number of nitrogens with zero attached hydrogens (tertiary/aromatic N) is 2. The Morgan fingerprint density at radius 3 is 1.91 bits per heavy atom. The van der Waals surface area contributed by atoms with Crippen molar-refractivity contribution in [3.8, 4) is 0 Å². The maximum atomic E-state index is 12.7. The van der Waals surface area contributed by atoms with Crippen LogP contribution in [0.15, 0.2) is 30.3 Å². The van der Waals surface area contributed by atoms with E-state index in [2.05, 4.69) is 10.6 Å². The largest absolute Gasteiger partial charge is 0.490 e. The van der Waals surface area contributed by atoms with Crippen molar-refractivity contribution in [1.82, 2.24) is 20.4 Å². The van der Waals surface area contributed by atoms with Gasteiger partial charge in [-0.2, -0.15) is 26.3 Å². The number of aliphatic carboxylic acids is 2. The molecule has 3 rings (SSSR count). The van der Waals surface area contributed by atoms with Crippen LogP contribution in [0.25, 0.3) is 0 Å². The Balaban J connectivity index is 0.000000574. The third-order valence-corrected chi connectivity index (χ3v) is 5.96. The number of carbonyl (C=O) groups is 5. The number of piperazine rings is 1. The van der Waals surface area contributed by atoms with E-state index in [0.29, 0.717) is 39.1 Å². The zero-order valence-electron chi connectivity index (χ0n) is 23.4. The number of piperidine rings is 1. The van der Waals surface area contributed by atoms with Gasteiger partial charge in [0.2, 0.25) is 5.91 Å². The molecule has 44 heavy (non-hydrogen) atoms. The maximum absolute atomic E-state index is 12.7. The summed E-state index contributed by atoms with van der Waals surface area (Å²) in [4.78, 5) is 58.1. The lowest BCUT2D eigenvalue weighted by molar-refractivity contribution is -0.193. The Morgan fingerprint density at radius 1 is 0.932 bits per heavy atom. The van der Waals surface area contributed by atoms with Crippen molar-refractivity contribution in [2.75, 3.05) is 45.9 Å². The molecule has 19 heteroatoms. The monoisotopic (exact) mass is 646 g/mol. The summed E-state index contributed by atoms with van der Waals surface area (Å²) in [5, 5.41) is 20.5. The smallest absolute Gasteiger partial charge is 0.475 e. The number of alkyl carbamates (subject to hydrolysis) is 1. The van der Waals surface area contributed by atoms with Crippen molar-refractivity contribution < 1.29 is 70.0 Å². The molecular formula is C25H32F6N4O9. The minimum atomic E-state index is -5.08. The lowest BCUT2D eigenvalue weighted by atomic mass is 9.87. The second-order valence-electron chi connectivity index (χ2n) is 9.26. The molecule has 4 N–H and O–H groups in total. The fourth-order valence-corrected chi connectivity index (χ4v) is 3.82. The molecule has 248 valence electrons. The quantitative estimate of drug-likeness (QED) is 0.337. The molecule has 0 radical (unpaired) electrons. The summed E-state index contributed by atoms with van der Waals surface area (Å²) in [7, 11) is 0. The highest BCUT2D eigenvalue weighted by Gasteiger charge is 2.40. The molecule has 0 spiro atoms. The number of carboxylic acids is 2. The van der Waals surface area contributed by atoms with Crippen LogP contribution in [0, 0.1) is 0 Å². The first-order chi connectivity index (χ1) is 20.4. The van der Waals surface area contributed by atoms with E-state index in [1.54, 1.807) is 11.8 Å². The molecule has 0 aromatic heterocycles. The average Bonchev–Trinajstić information content (AvgIpc) is 2.93. The highest BCUT2D eigenvalue weighted by Crippen LogP contribution is 2.22. The van der Waals surface area contributed by atoms with Crippen LogP contribution in [0.1, 0.15) is 25.3 Å². The van der Waals surface area contributed by atoms with E-state index in [4.69, 9.17) is 29.3 Å². The van der Waals surface area contributed by atoms with Gasteiger partial charge < -0.3 is 35.2 Å². The number of carbonyl (C=O) groups excluding carboxylic acids is 3. The Bertz CT molecular complexity index is 1090. The first-order valence-corrected chi connectivity index (χ1v) is 12.9. The predicted octanol–water partition coefficient (Wildman–Crippen LogP) is 2.60. The number of hydrogen-bond acceptors (Lipinski definition) is 8. The Labute approximate surface area is 247 Å². The van der Waals surface area contributed by atoms with Crippen LogP contribution in [0.2, 0.25) is 0 Å². The van der Waals surface area contributed by atoms with Gasteiger partial charge in [0, 0.05) is 19.6 Å². The highest BCUT2D eigenvalue weighted by molar-refractivity contribution is 5.83. The molecular weight excluding hydrogens is 614 g/mol. The lowest BCUT2D eigenvalue weighted by Crippen LogP contribution is -2.63. The van der Waals surface area contributed by atoms with E-state index in [1.807, 2.05) is 30.3 Å². The molecule has 2 aliphatic heterocycles. The zero-order chi connectivity index (χ0) is 33.6. The van der Waals surface area contributed by atoms with E-state index < -0.39 is 42.0 Å². The van der Waals surface area contributed by atoms with Crippen molar-refractivity contribution in [2.45, 2.75) is 44.3 Å². The molecule has 0 unspecified atom stereocenters. The molecule has 2 heterocycles. The van der Waals surface area contributed by atoms with Crippen LogP contribution >= 0.6 is 0 Å². The van der Waals surface area contributed by atoms with Gasteiger partial charge in [-0.05, 0) is 38.4 Å². The number of benzene rings is 1. The fraction of sp³-hybridized carbons (Fsp3) is 0.560. The van der Waals surface area contributed by atoms with E-state index in [0.717, 1.165) is 18.7 Å². The standard InChI is InChI=1S/C21H30N4O5.2C2HF3O2/c1-2-29-19(27)23-21(8-10-22-11-9-21)16-25-13-12-24(14-18(25)26)20(28)30-15-17-6-4-3-5-7-17;2*3-2(4,5)1(6)7/h3-7,22H,2,8-16H2,1H3,(H,23,27);2*(H,6,7). The third kappa shape index (κ3) is 13.8. The second-order valence-corrected chi connectivity index (χ2v) is 9.26. The van der Waals surface area contributed by atoms with Crippen LogP contribution < -0.4 is 10.6 Å². The SMILES string of the molecule is CCOC(=O)NC1(CN2CCN(C(=O)OCc3ccccc3)CC2=O)CCNCC1.O=C(O)C(F)(F)F.O=C(O)C(F)(F)F. The number of nitrogens with one attached hydrogen (secondary N) is 2. The van der Waals surface area contributed by atoms with Gasteiger partial charge >= 0.3 is 36.5 Å². The van der Waals surface area contributed by atoms with Crippen molar-refractivity contribution in [3.63, 3.8) is 0 Å². The molecule has 3 amide bonds. The molecule has 0 bridgehead atoms. The fourth-order valence-electron chi connectivity index (χ4n) is 3.82. The molecule has 0 atom stereocenters. The summed E-state index contributed by atoms with van der Waals surface area (Å²) in [6.45, 7) is 4.91. The van der Waals surface area contributed by atoms with Crippen LogP contribution in [-0.2, 0) is 30.5 Å². The summed E-state index contributed by atoms with van der Waals surface area (Å²) in [5.41, 5.74) is 0.372. The van der Waals surface area contributed by atoms with Gasteiger partial charge in [-0.15, -0.1) is 0 Å². The lowest BCUT2D eigenvalue weighted by Gasteiger charge is -2.43. The molecule has 0 aliphatic carbocycles. The highest BCUT2D eigenvalue weighted by atomic mass is 19.4. The van der Waals surface area contributed by atoms with Crippen molar-refractivity contribution in [1.29, 1.82) is 0 Å². The van der Waals surface area contributed by atoms with E-state index in [-0.39, 0.29) is 19.1 Å². The first-order valence-electron chi connectivity index (χ1n) is 12.9. The zero-order valence-corrected chi connectivity index (χ0v) is 23.4. The van der Waals surface area contributed by atoms with Crippen LogP contribution in [-0.4, -0.2) is 114 Å². The number of alkyl halides is 6. The van der Waals surface area contributed by atoms with Crippen LogP contribution in [0.4, 0.5) is 35.9 Å². The van der Waals surface area contributed by atoms with Gasteiger partial charge in [0.05, 0.1) is 12.1 Å². The molecule has 0 saturated carbocycles. The van der Waals surface area contributed by atoms with Crippen LogP contribution in [0.3, 0.4) is 0 Å². The Kier molecular flexibility index (Phi) is 14.7. The summed E-state index contributed by atoms with van der Waals surface area (Å²) >= 11 is 0.